The van der Waals surface area contributed by atoms with Crippen LogP contribution in [-0.2, 0) is 0 Å². The number of rotatable bonds is 10. The molecule has 0 unspecified atom stereocenters. The molecule has 0 radical (unpaired) electrons. The molecule has 0 saturated carbocycles. The quantitative estimate of drug-likeness (QED) is 0.550. The summed E-state index contributed by atoms with van der Waals surface area (Å²) in [4.78, 5) is 15.6. The minimum atomic E-state index is -0.0810. The zero-order valence-corrected chi connectivity index (χ0v) is 18.6. The Bertz CT molecular complexity index is 935. The molecule has 0 saturated heterocycles. The van der Waals surface area contributed by atoms with E-state index < -0.39 is 0 Å². The van der Waals surface area contributed by atoms with E-state index in [0.717, 1.165) is 49.7 Å². The number of carbonyl (C=O) groups is 1. The van der Waals surface area contributed by atoms with Gasteiger partial charge in [0.15, 0.2) is 5.82 Å². The number of nitrogens with zero attached hydrogens (tertiary/aromatic N) is 4. The van der Waals surface area contributed by atoms with Crippen LogP contribution in [0.5, 0.6) is 0 Å². The number of hydrogen-bond acceptors (Lipinski definition) is 3. The van der Waals surface area contributed by atoms with Gasteiger partial charge in [0.1, 0.15) is 5.56 Å². The van der Waals surface area contributed by atoms with Gasteiger partial charge in [0, 0.05) is 25.5 Å². The molecule has 30 heavy (non-hydrogen) atoms. The van der Waals surface area contributed by atoms with Crippen LogP contribution in [0.25, 0.3) is 11.5 Å². The number of nitrogens with one attached hydrogen (secondary N) is 1. The molecule has 0 bridgehead atoms. The molecule has 2 heterocycles. The summed E-state index contributed by atoms with van der Waals surface area (Å²) in [5, 5.41) is 7.83. The van der Waals surface area contributed by atoms with Gasteiger partial charge in [-0.3, -0.25) is 4.79 Å². The van der Waals surface area contributed by atoms with Crippen molar-refractivity contribution >= 4 is 5.91 Å². The van der Waals surface area contributed by atoms with Crippen LogP contribution in [0.15, 0.2) is 48.8 Å². The van der Waals surface area contributed by atoms with Crippen LogP contribution in [0.3, 0.4) is 0 Å². The maximum absolute atomic E-state index is 13.2. The SMILES string of the molecule is CCCN(CCC)CCNC(=O)c1c(C)nn(-c2ccc(C)cc2)c1-n1cccc1. The van der Waals surface area contributed by atoms with E-state index in [4.69, 9.17) is 5.10 Å². The molecule has 0 atom stereocenters. The predicted molar refractivity (Wildman–Crippen MR) is 122 cm³/mol. The first-order valence-electron chi connectivity index (χ1n) is 10.9. The lowest BCUT2D eigenvalue weighted by Gasteiger charge is -2.21. The Hall–Kier alpha value is -2.86. The summed E-state index contributed by atoms with van der Waals surface area (Å²) in [5.41, 5.74) is 3.45. The summed E-state index contributed by atoms with van der Waals surface area (Å²) in [6.45, 7) is 11.9. The van der Waals surface area contributed by atoms with Crippen LogP contribution in [-0.4, -0.2) is 51.3 Å². The Kier molecular flexibility index (Phi) is 7.46. The number of aryl methyl sites for hydroxylation is 2. The van der Waals surface area contributed by atoms with Crippen molar-refractivity contribution in [3.05, 3.63) is 65.6 Å². The van der Waals surface area contributed by atoms with Crippen molar-refractivity contribution in [2.24, 2.45) is 0 Å². The molecule has 3 aromatic rings. The van der Waals surface area contributed by atoms with Crippen molar-refractivity contribution in [3.63, 3.8) is 0 Å². The molecule has 1 aromatic carbocycles. The van der Waals surface area contributed by atoms with Crippen molar-refractivity contribution in [1.82, 2.24) is 24.6 Å². The zero-order chi connectivity index (χ0) is 21.5. The van der Waals surface area contributed by atoms with Gasteiger partial charge in [-0.05, 0) is 64.0 Å². The van der Waals surface area contributed by atoms with Crippen LogP contribution < -0.4 is 5.32 Å². The average Bonchev–Trinajstić information content (AvgIpc) is 3.36. The molecule has 6 nitrogen and oxygen atoms in total. The maximum Gasteiger partial charge on any atom is 0.257 e. The van der Waals surface area contributed by atoms with Gasteiger partial charge < -0.3 is 14.8 Å². The van der Waals surface area contributed by atoms with E-state index in [9.17, 15) is 4.79 Å². The fraction of sp³-hybridized carbons (Fsp3) is 0.417. The van der Waals surface area contributed by atoms with Gasteiger partial charge in [0.25, 0.3) is 5.91 Å². The third-order valence-electron chi connectivity index (χ3n) is 5.18. The number of aromatic nitrogens is 3. The molecular weight excluding hydrogens is 374 g/mol. The van der Waals surface area contributed by atoms with Gasteiger partial charge in [-0.25, -0.2) is 4.68 Å². The monoisotopic (exact) mass is 407 g/mol. The van der Waals surface area contributed by atoms with E-state index in [-0.39, 0.29) is 5.91 Å². The summed E-state index contributed by atoms with van der Waals surface area (Å²) in [6.07, 6.45) is 6.13. The molecule has 0 spiro atoms. The summed E-state index contributed by atoms with van der Waals surface area (Å²) >= 11 is 0. The Morgan fingerprint density at radius 2 is 1.63 bits per heavy atom. The highest BCUT2D eigenvalue weighted by atomic mass is 16.1. The van der Waals surface area contributed by atoms with E-state index >= 15 is 0 Å². The van der Waals surface area contributed by atoms with Crippen LogP contribution in [0.1, 0.15) is 48.3 Å². The summed E-state index contributed by atoms with van der Waals surface area (Å²) in [6, 6.07) is 12.1. The normalized spacial score (nSPS) is 11.2. The average molecular weight is 408 g/mol. The van der Waals surface area contributed by atoms with Crippen LogP contribution in [0, 0.1) is 13.8 Å². The molecule has 3 rings (SSSR count). The fourth-order valence-electron chi connectivity index (χ4n) is 3.74. The third kappa shape index (κ3) is 5.00. The number of carbonyl (C=O) groups excluding carboxylic acids is 1. The molecule has 0 aliphatic carbocycles. The topological polar surface area (TPSA) is 55.1 Å². The number of hydrogen-bond donors (Lipinski definition) is 1. The van der Waals surface area contributed by atoms with Gasteiger partial charge in [-0.1, -0.05) is 31.5 Å². The molecule has 2 aromatic heterocycles. The number of amides is 1. The van der Waals surface area contributed by atoms with Gasteiger partial charge in [-0.2, -0.15) is 5.10 Å². The van der Waals surface area contributed by atoms with E-state index in [1.165, 1.54) is 5.56 Å². The highest BCUT2D eigenvalue weighted by molar-refractivity contribution is 5.98. The van der Waals surface area contributed by atoms with E-state index in [1.54, 1.807) is 0 Å². The molecule has 6 heteroatoms. The lowest BCUT2D eigenvalue weighted by molar-refractivity contribution is 0.0947. The minimum absolute atomic E-state index is 0.0810. The van der Waals surface area contributed by atoms with Crippen molar-refractivity contribution in [3.8, 4) is 11.5 Å². The first-order valence-corrected chi connectivity index (χ1v) is 10.9. The summed E-state index contributed by atoms with van der Waals surface area (Å²) in [5.74, 6) is 0.681. The Labute approximate surface area is 179 Å². The smallest absolute Gasteiger partial charge is 0.257 e. The fourth-order valence-corrected chi connectivity index (χ4v) is 3.74. The van der Waals surface area contributed by atoms with Gasteiger partial charge in [0.2, 0.25) is 0 Å². The second-order valence-corrected chi connectivity index (χ2v) is 7.72. The first-order chi connectivity index (χ1) is 14.5. The lowest BCUT2D eigenvalue weighted by atomic mass is 10.2. The van der Waals surface area contributed by atoms with E-state index in [1.807, 2.05) is 52.8 Å². The van der Waals surface area contributed by atoms with Crippen molar-refractivity contribution in [2.45, 2.75) is 40.5 Å². The second-order valence-electron chi connectivity index (χ2n) is 7.72. The van der Waals surface area contributed by atoms with Gasteiger partial charge in [0.05, 0.1) is 11.4 Å². The van der Waals surface area contributed by atoms with Crippen LogP contribution >= 0.6 is 0 Å². The molecule has 1 N–H and O–H groups in total. The summed E-state index contributed by atoms with van der Waals surface area (Å²) < 4.78 is 3.80. The molecule has 160 valence electrons. The van der Waals surface area contributed by atoms with Crippen LogP contribution in [0.4, 0.5) is 0 Å². The second kappa shape index (κ2) is 10.3. The highest BCUT2D eigenvalue weighted by Gasteiger charge is 2.23. The van der Waals surface area contributed by atoms with Crippen LogP contribution in [0.2, 0.25) is 0 Å². The predicted octanol–water partition coefficient (Wildman–Crippen LogP) is 4.13. The molecule has 0 fully saturated rings. The first kappa shape index (κ1) is 21.8. The van der Waals surface area contributed by atoms with Gasteiger partial charge in [-0.15, -0.1) is 0 Å². The Morgan fingerprint density at radius 3 is 2.23 bits per heavy atom. The van der Waals surface area contributed by atoms with Crippen molar-refractivity contribution in [2.75, 3.05) is 26.2 Å². The largest absolute Gasteiger partial charge is 0.351 e. The lowest BCUT2D eigenvalue weighted by Crippen LogP contribution is -2.36. The third-order valence-corrected chi connectivity index (χ3v) is 5.18. The van der Waals surface area contributed by atoms with E-state index in [2.05, 4.69) is 43.1 Å². The van der Waals surface area contributed by atoms with Crippen molar-refractivity contribution in [1.29, 1.82) is 0 Å². The molecule has 0 aliphatic rings. The summed E-state index contributed by atoms with van der Waals surface area (Å²) in [7, 11) is 0. The molecule has 1 amide bonds. The Morgan fingerprint density at radius 1 is 1.00 bits per heavy atom. The maximum atomic E-state index is 13.2. The zero-order valence-electron chi connectivity index (χ0n) is 18.6. The highest BCUT2D eigenvalue weighted by Crippen LogP contribution is 2.23. The Balaban J connectivity index is 1.87. The standard InChI is InChI=1S/C24H33N5O/c1-5-14-27(15-6-2)18-13-25-23(30)22-20(4)26-29(21-11-9-19(3)10-12-21)24(22)28-16-7-8-17-28/h7-12,16-17H,5-6,13-15,18H2,1-4H3,(H,25,30). The number of benzene rings is 1. The van der Waals surface area contributed by atoms with E-state index in [0.29, 0.717) is 12.1 Å². The molecular formula is C24H33N5O. The molecule has 0 aliphatic heterocycles. The minimum Gasteiger partial charge on any atom is -0.351 e. The van der Waals surface area contributed by atoms with Crippen molar-refractivity contribution < 1.29 is 4.79 Å². The van der Waals surface area contributed by atoms with Gasteiger partial charge >= 0.3 is 0 Å².